The molecule has 1 aromatic heterocycles. The zero-order chi connectivity index (χ0) is 14.5. The maximum atomic E-state index is 13.5. The topological polar surface area (TPSA) is 59.7 Å². The molecule has 1 fully saturated rings. The highest BCUT2D eigenvalue weighted by molar-refractivity contribution is 5.27. The van der Waals surface area contributed by atoms with Gasteiger partial charge in [-0.15, -0.1) is 5.11 Å². The zero-order valence-corrected chi connectivity index (χ0v) is 11.4. The Bertz CT molecular complexity index is 629. The lowest BCUT2D eigenvalue weighted by atomic mass is 10.2. The molecule has 0 bridgehead atoms. The second-order valence-electron chi connectivity index (χ2n) is 4.97. The SMILES string of the molecule is Fc1cnc(OCc2ccccc2)nc1N=NCC1CC1. The van der Waals surface area contributed by atoms with Crippen LogP contribution in [0.5, 0.6) is 6.01 Å². The Kier molecular flexibility index (Phi) is 4.14. The van der Waals surface area contributed by atoms with Crippen LogP contribution in [0.1, 0.15) is 18.4 Å². The number of ether oxygens (including phenoxy) is 1. The third kappa shape index (κ3) is 4.05. The normalized spacial score (nSPS) is 14.5. The van der Waals surface area contributed by atoms with Crippen LogP contribution in [0.15, 0.2) is 46.8 Å². The summed E-state index contributed by atoms with van der Waals surface area (Å²) in [5, 5.41) is 7.78. The van der Waals surface area contributed by atoms with E-state index in [9.17, 15) is 4.39 Å². The van der Waals surface area contributed by atoms with Crippen molar-refractivity contribution in [3.8, 4) is 6.01 Å². The Labute approximate surface area is 121 Å². The predicted octanol–water partition coefficient (Wildman–Crippen LogP) is 3.69. The van der Waals surface area contributed by atoms with E-state index in [0.717, 1.165) is 11.8 Å². The van der Waals surface area contributed by atoms with Crippen molar-refractivity contribution in [3.63, 3.8) is 0 Å². The summed E-state index contributed by atoms with van der Waals surface area (Å²) in [5.41, 5.74) is 0.988. The molecule has 0 spiro atoms. The molecule has 1 aliphatic rings. The molecule has 0 aliphatic heterocycles. The molecule has 2 aromatic rings. The fourth-order valence-electron chi connectivity index (χ4n) is 1.73. The number of hydrogen-bond acceptors (Lipinski definition) is 5. The summed E-state index contributed by atoms with van der Waals surface area (Å²) >= 11 is 0. The first kappa shape index (κ1) is 13.6. The van der Waals surface area contributed by atoms with Crippen LogP contribution in [-0.2, 0) is 6.61 Å². The second kappa shape index (κ2) is 6.39. The van der Waals surface area contributed by atoms with E-state index < -0.39 is 5.82 Å². The monoisotopic (exact) mass is 286 g/mol. The Morgan fingerprint density at radius 1 is 1.24 bits per heavy atom. The van der Waals surface area contributed by atoms with E-state index >= 15 is 0 Å². The van der Waals surface area contributed by atoms with Crippen molar-refractivity contribution in [1.82, 2.24) is 9.97 Å². The maximum Gasteiger partial charge on any atom is 0.318 e. The van der Waals surface area contributed by atoms with E-state index in [0.29, 0.717) is 19.1 Å². The van der Waals surface area contributed by atoms with Gasteiger partial charge in [-0.25, -0.2) is 9.37 Å². The fraction of sp³-hybridized carbons (Fsp3) is 0.333. The molecular weight excluding hydrogens is 271 g/mol. The molecule has 1 heterocycles. The Hall–Kier alpha value is -2.37. The molecule has 0 atom stereocenters. The molecule has 21 heavy (non-hydrogen) atoms. The van der Waals surface area contributed by atoms with Gasteiger partial charge in [-0.2, -0.15) is 10.1 Å². The number of halogens is 1. The Morgan fingerprint density at radius 3 is 2.81 bits per heavy atom. The van der Waals surface area contributed by atoms with Gasteiger partial charge in [-0.05, 0) is 24.3 Å². The summed E-state index contributed by atoms with van der Waals surface area (Å²) in [6.45, 7) is 0.953. The van der Waals surface area contributed by atoms with Gasteiger partial charge in [-0.1, -0.05) is 30.3 Å². The van der Waals surface area contributed by atoms with Gasteiger partial charge >= 0.3 is 6.01 Å². The molecule has 6 heteroatoms. The molecule has 0 amide bonds. The Balaban J connectivity index is 1.63. The minimum absolute atomic E-state index is 0.0753. The maximum absolute atomic E-state index is 13.5. The van der Waals surface area contributed by atoms with Crippen LogP contribution in [0.2, 0.25) is 0 Å². The first-order valence-electron chi connectivity index (χ1n) is 6.88. The molecule has 3 rings (SSSR count). The van der Waals surface area contributed by atoms with Gasteiger partial charge in [0.1, 0.15) is 6.61 Å². The quantitative estimate of drug-likeness (QED) is 0.761. The molecule has 1 aromatic carbocycles. The van der Waals surface area contributed by atoms with E-state index in [4.69, 9.17) is 4.74 Å². The highest BCUT2D eigenvalue weighted by atomic mass is 19.1. The number of rotatable bonds is 6. The van der Waals surface area contributed by atoms with Crippen molar-refractivity contribution in [1.29, 1.82) is 0 Å². The van der Waals surface area contributed by atoms with E-state index in [2.05, 4.69) is 20.2 Å². The fourth-order valence-corrected chi connectivity index (χ4v) is 1.73. The number of aromatic nitrogens is 2. The molecule has 0 N–H and O–H groups in total. The molecule has 0 saturated heterocycles. The predicted molar refractivity (Wildman–Crippen MR) is 74.9 cm³/mol. The largest absolute Gasteiger partial charge is 0.459 e. The van der Waals surface area contributed by atoms with Crippen molar-refractivity contribution in [3.05, 3.63) is 47.9 Å². The summed E-state index contributed by atoms with van der Waals surface area (Å²) in [6, 6.07) is 9.72. The molecular formula is C15H15FN4O. The lowest BCUT2D eigenvalue weighted by Gasteiger charge is -2.04. The number of benzene rings is 1. The number of hydrogen-bond donors (Lipinski definition) is 0. The average Bonchev–Trinajstić information content (AvgIpc) is 3.33. The van der Waals surface area contributed by atoms with E-state index in [-0.39, 0.29) is 11.8 Å². The van der Waals surface area contributed by atoms with Gasteiger partial charge in [0, 0.05) is 0 Å². The summed E-state index contributed by atoms with van der Waals surface area (Å²) in [5.74, 6) is -0.0669. The van der Waals surface area contributed by atoms with Gasteiger partial charge in [0.25, 0.3) is 0 Å². The zero-order valence-electron chi connectivity index (χ0n) is 11.4. The lowest BCUT2D eigenvalue weighted by molar-refractivity contribution is 0.279. The molecule has 0 radical (unpaired) electrons. The van der Waals surface area contributed by atoms with Gasteiger partial charge in [-0.3, -0.25) is 0 Å². The second-order valence-corrected chi connectivity index (χ2v) is 4.97. The minimum atomic E-state index is -0.596. The molecule has 108 valence electrons. The lowest BCUT2D eigenvalue weighted by Crippen LogP contribution is -2.00. The summed E-state index contributed by atoms with van der Waals surface area (Å²) in [6.07, 6.45) is 3.41. The van der Waals surface area contributed by atoms with Crippen LogP contribution >= 0.6 is 0 Å². The van der Waals surface area contributed by atoms with Crippen molar-refractivity contribution < 1.29 is 9.13 Å². The summed E-state index contributed by atoms with van der Waals surface area (Å²) in [4.78, 5) is 7.74. The van der Waals surface area contributed by atoms with Gasteiger partial charge in [0.15, 0.2) is 5.82 Å². The minimum Gasteiger partial charge on any atom is -0.459 e. The first-order valence-corrected chi connectivity index (χ1v) is 6.88. The van der Waals surface area contributed by atoms with Crippen molar-refractivity contribution in [2.75, 3.05) is 6.54 Å². The molecule has 5 nitrogen and oxygen atoms in total. The van der Waals surface area contributed by atoms with Crippen LogP contribution in [0.3, 0.4) is 0 Å². The van der Waals surface area contributed by atoms with E-state index in [1.54, 1.807) is 0 Å². The van der Waals surface area contributed by atoms with Crippen molar-refractivity contribution >= 4 is 5.82 Å². The van der Waals surface area contributed by atoms with Crippen molar-refractivity contribution in [2.24, 2.45) is 16.1 Å². The van der Waals surface area contributed by atoms with Crippen molar-refractivity contribution in [2.45, 2.75) is 19.4 Å². The highest BCUT2D eigenvalue weighted by Gasteiger charge is 2.20. The number of azo groups is 1. The highest BCUT2D eigenvalue weighted by Crippen LogP contribution is 2.29. The molecule has 1 aliphatic carbocycles. The van der Waals surface area contributed by atoms with E-state index in [1.807, 2.05) is 30.3 Å². The third-order valence-corrected chi connectivity index (χ3v) is 3.12. The van der Waals surface area contributed by atoms with Crippen LogP contribution in [0.4, 0.5) is 10.2 Å². The van der Waals surface area contributed by atoms with Crippen LogP contribution in [0, 0.1) is 11.7 Å². The first-order chi connectivity index (χ1) is 10.3. The summed E-state index contributed by atoms with van der Waals surface area (Å²) < 4.78 is 19.0. The van der Waals surface area contributed by atoms with Gasteiger partial charge in [0.2, 0.25) is 5.82 Å². The van der Waals surface area contributed by atoms with Gasteiger partial charge < -0.3 is 4.74 Å². The van der Waals surface area contributed by atoms with Crippen LogP contribution < -0.4 is 4.74 Å². The number of nitrogens with zero attached hydrogens (tertiary/aromatic N) is 4. The smallest absolute Gasteiger partial charge is 0.318 e. The van der Waals surface area contributed by atoms with Crippen LogP contribution in [-0.4, -0.2) is 16.5 Å². The molecule has 1 saturated carbocycles. The average molecular weight is 286 g/mol. The van der Waals surface area contributed by atoms with Gasteiger partial charge in [0.05, 0.1) is 12.7 Å². The molecule has 0 unspecified atom stereocenters. The Morgan fingerprint density at radius 2 is 2.05 bits per heavy atom. The standard InChI is InChI=1S/C15H15FN4O/c16-13-9-17-15(21-10-12-4-2-1-3-5-12)19-14(13)20-18-8-11-6-7-11/h1-5,9,11H,6-8,10H2. The third-order valence-electron chi connectivity index (χ3n) is 3.12. The van der Waals surface area contributed by atoms with Crippen LogP contribution in [0.25, 0.3) is 0 Å². The summed E-state index contributed by atoms with van der Waals surface area (Å²) in [7, 11) is 0. The van der Waals surface area contributed by atoms with E-state index in [1.165, 1.54) is 12.8 Å².